The molecule has 1 aromatic rings. The van der Waals surface area contributed by atoms with Crippen LogP contribution in [-0.2, 0) is 0 Å². The third-order valence-corrected chi connectivity index (χ3v) is 3.30. The number of nitrogens with two attached hydrogens (primary N) is 1. The lowest BCUT2D eigenvalue weighted by atomic mass is 10.2. The molecule has 1 atom stereocenters. The van der Waals surface area contributed by atoms with E-state index in [0.717, 1.165) is 25.2 Å². The van der Waals surface area contributed by atoms with Crippen molar-refractivity contribution in [2.45, 2.75) is 12.5 Å². The summed E-state index contributed by atoms with van der Waals surface area (Å²) in [5, 5.41) is 0. The van der Waals surface area contributed by atoms with Gasteiger partial charge >= 0.3 is 0 Å². The van der Waals surface area contributed by atoms with Gasteiger partial charge in [-0.3, -0.25) is 9.78 Å². The first kappa shape index (κ1) is 11.9. The second-order valence-corrected chi connectivity index (χ2v) is 4.61. The third kappa shape index (κ3) is 2.39. The molecule has 0 saturated carbocycles. The summed E-state index contributed by atoms with van der Waals surface area (Å²) < 4.78 is 0. The fraction of sp³-hybridized carbons (Fsp3) is 0.500. The average molecular weight is 234 g/mol. The van der Waals surface area contributed by atoms with Crippen molar-refractivity contribution >= 4 is 11.6 Å². The zero-order valence-corrected chi connectivity index (χ0v) is 10.3. The molecule has 5 nitrogen and oxygen atoms in total. The molecule has 1 aliphatic heterocycles. The standard InChI is InChI=1S/C12H18N4O/c1-15(2)9-4-6-16(8-9)11-3-5-14-7-10(11)12(13)17/h3,5,7,9H,4,6,8H2,1-2H3,(H2,13,17). The number of likely N-dealkylation sites (N-methyl/N-ethyl adjacent to an activating group) is 1. The van der Waals surface area contributed by atoms with Gasteiger partial charge in [-0.1, -0.05) is 0 Å². The van der Waals surface area contributed by atoms with Crippen molar-refractivity contribution in [2.75, 3.05) is 32.1 Å². The second kappa shape index (κ2) is 4.71. The molecule has 2 N–H and O–H groups in total. The topological polar surface area (TPSA) is 62.5 Å². The van der Waals surface area contributed by atoms with Crippen LogP contribution in [0.3, 0.4) is 0 Å². The minimum atomic E-state index is -0.415. The molecule has 2 rings (SSSR count). The van der Waals surface area contributed by atoms with Crippen molar-refractivity contribution in [3.05, 3.63) is 24.0 Å². The summed E-state index contributed by atoms with van der Waals surface area (Å²) in [4.78, 5) is 19.7. The van der Waals surface area contributed by atoms with Crippen molar-refractivity contribution in [3.8, 4) is 0 Å². The van der Waals surface area contributed by atoms with Gasteiger partial charge in [-0.05, 0) is 26.6 Å². The second-order valence-electron chi connectivity index (χ2n) is 4.61. The normalized spacial score (nSPS) is 19.9. The number of amides is 1. The fourth-order valence-corrected chi connectivity index (χ4v) is 2.23. The number of aromatic nitrogens is 1. The zero-order valence-electron chi connectivity index (χ0n) is 10.3. The molecule has 1 unspecified atom stereocenters. The lowest BCUT2D eigenvalue weighted by Crippen LogP contribution is -2.32. The van der Waals surface area contributed by atoms with Gasteiger partial charge in [0.05, 0.1) is 11.3 Å². The van der Waals surface area contributed by atoms with Gasteiger partial charge in [-0.25, -0.2) is 0 Å². The molecule has 1 aromatic heterocycles. The Bertz CT molecular complexity index is 419. The Morgan fingerprint density at radius 3 is 2.94 bits per heavy atom. The van der Waals surface area contributed by atoms with Crippen LogP contribution in [0.1, 0.15) is 16.8 Å². The zero-order chi connectivity index (χ0) is 12.4. The van der Waals surface area contributed by atoms with E-state index in [0.29, 0.717) is 11.6 Å². The first-order valence-corrected chi connectivity index (χ1v) is 5.75. The molecule has 0 radical (unpaired) electrons. The van der Waals surface area contributed by atoms with Crippen LogP contribution in [0.4, 0.5) is 5.69 Å². The van der Waals surface area contributed by atoms with Crippen LogP contribution in [0.2, 0.25) is 0 Å². The molecule has 0 bridgehead atoms. The molecule has 17 heavy (non-hydrogen) atoms. The highest BCUT2D eigenvalue weighted by molar-refractivity contribution is 5.98. The largest absolute Gasteiger partial charge is 0.369 e. The summed E-state index contributed by atoms with van der Waals surface area (Å²) in [7, 11) is 4.16. The quantitative estimate of drug-likeness (QED) is 0.818. The first-order valence-electron chi connectivity index (χ1n) is 5.75. The van der Waals surface area contributed by atoms with Gasteiger partial charge in [0.1, 0.15) is 0 Å². The Hall–Kier alpha value is -1.62. The van der Waals surface area contributed by atoms with Crippen LogP contribution >= 0.6 is 0 Å². The number of pyridine rings is 1. The Morgan fingerprint density at radius 1 is 1.59 bits per heavy atom. The van der Waals surface area contributed by atoms with Crippen molar-refractivity contribution in [1.29, 1.82) is 0 Å². The number of rotatable bonds is 3. The Morgan fingerprint density at radius 2 is 2.35 bits per heavy atom. The first-order chi connectivity index (χ1) is 8.09. The van der Waals surface area contributed by atoms with Crippen molar-refractivity contribution in [1.82, 2.24) is 9.88 Å². The lowest BCUT2D eigenvalue weighted by Gasteiger charge is -2.22. The fourth-order valence-electron chi connectivity index (χ4n) is 2.23. The van der Waals surface area contributed by atoms with Crippen LogP contribution in [0, 0.1) is 0 Å². The van der Waals surface area contributed by atoms with Crippen molar-refractivity contribution in [2.24, 2.45) is 5.73 Å². The summed E-state index contributed by atoms with van der Waals surface area (Å²) in [6.07, 6.45) is 4.35. The third-order valence-electron chi connectivity index (χ3n) is 3.30. The number of anilines is 1. The molecule has 0 aliphatic carbocycles. The van der Waals surface area contributed by atoms with Gasteiger partial charge in [0.2, 0.25) is 0 Å². The van der Waals surface area contributed by atoms with Crippen LogP contribution in [-0.4, -0.2) is 49.0 Å². The molecule has 1 saturated heterocycles. The molecule has 0 spiro atoms. The van der Waals surface area contributed by atoms with Crippen molar-refractivity contribution in [3.63, 3.8) is 0 Å². The number of hydrogen-bond donors (Lipinski definition) is 1. The molecule has 1 amide bonds. The predicted molar refractivity (Wildman–Crippen MR) is 67.1 cm³/mol. The number of primary amides is 1. The van der Waals surface area contributed by atoms with Gasteiger partial charge in [0, 0.05) is 31.5 Å². The molecule has 2 heterocycles. The molecule has 1 fully saturated rings. The molecular weight excluding hydrogens is 216 g/mol. The summed E-state index contributed by atoms with van der Waals surface area (Å²) >= 11 is 0. The highest BCUT2D eigenvalue weighted by Gasteiger charge is 2.26. The van der Waals surface area contributed by atoms with E-state index in [-0.39, 0.29) is 0 Å². The van der Waals surface area contributed by atoms with E-state index in [4.69, 9.17) is 5.73 Å². The molecule has 92 valence electrons. The monoisotopic (exact) mass is 234 g/mol. The van der Waals surface area contributed by atoms with E-state index in [1.165, 1.54) is 0 Å². The number of hydrogen-bond acceptors (Lipinski definition) is 4. The van der Waals surface area contributed by atoms with E-state index >= 15 is 0 Å². The number of carbonyl (C=O) groups is 1. The predicted octanol–water partition coefficient (Wildman–Crippen LogP) is 0.321. The Kier molecular flexibility index (Phi) is 3.28. The van der Waals surface area contributed by atoms with E-state index in [2.05, 4.69) is 28.9 Å². The van der Waals surface area contributed by atoms with Gasteiger partial charge < -0.3 is 15.5 Å². The summed E-state index contributed by atoms with van der Waals surface area (Å²) in [5.41, 5.74) is 6.77. The van der Waals surface area contributed by atoms with Crippen LogP contribution in [0.15, 0.2) is 18.5 Å². The van der Waals surface area contributed by atoms with Gasteiger partial charge in [-0.15, -0.1) is 0 Å². The smallest absolute Gasteiger partial charge is 0.252 e. The average Bonchev–Trinajstić information content (AvgIpc) is 2.78. The molecule has 1 aliphatic rings. The highest BCUT2D eigenvalue weighted by Crippen LogP contribution is 2.24. The molecular formula is C12H18N4O. The number of carbonyl (C=O) groups excluding carboxylic acids is 1. The summed E-state index contributed by atoms with van der Waals surface area (Å²) in [6, 6.07) is 2.39. The maximum atomic E-state index is 11.3. The van der Waals surface area contributed by atoms with E-state index in [1.807, 2.05) is 6.07 Å². The minimum Gasteiger partial charge on any atom is -0.369 e. The van der Waals surface area contributed by atoms with Crippen molar-refractivity contribution < 1.29 is 4.79 Å². The van der Waals surface area contributed by atoms with E-state index in [9.17, 15) is 4.79 Å². The SMILES string of the molecule is CN(C)C1CCN(c2ccncc2C(N)=O)C1. The van der Waals surface area contributed by atoms with E-state index in [1.54, 1.807) is 12.4 Å². The van der Waals surface area contributed by atoms with Crippen LogP contribution in [0.5, 0.6) is 0 Å². The summed E-state index contributed by atoms with van der Waals surface area (Å²) in [5.74, 6) is -0.415. The number of nitrogens with zero attached hydrogens (tertiary/aromatic N) is 3. The minimum absolute atomic E-state index is 0.415. The van der Waals surface area contributed by atoms with Crippen LogP contribution < -0.4 is 10.6 Å². The van der Waals surface area contributed by atoms with Gasteiger partial charge in [-0.2, -0.15) is 0 Å². The maximum absolute atomic E-state index is 11.3. The maximum Gasteiger partial charge on any atom is 0.252 e. The van der Waals surface area contributed by atoms with Gasteiger partial charge in [0.15, 0.2) is 0 Å². The molecule has 0 aromatic carbocycles. The highest BCUT2D eigenvalue weighted by atomic mass is 16.1. The van der Waals surface area contributed by atoms with Crippen LogP contribution in [0.25, 0.3) is 0 Å². The van der Waals surface area contributed by atoms with Gasteiger partial charge in [0.25, 0.3) is 5.91 Å². The molecule has 5 heteroatoms. The Balaban J connectivity index is 2.21. The lowest BCUT2D eigenvalue weighted by molar-refractivity contribution is 0.100. The van der Waals surface area contributed by atoms with E-state index < -0.39 is 5.91 Å². The summed E-state index contributed by atoms with van der Waals surface area (Å²) in [6.45, 7) is 1.88. The Labute approximate surface area is 101 Å².